The Morgan fingerprint density at radius 3 is 2.22 bits per heavy atom. The molecule has 1 N–H and O–H groups in total. The van der Waals surface area contributed by atoms with Crippen LogP contribution in [0.2, 0.25) is 0 Å². The average molecular weight is 598 g/mol. The largest absolute Gasteiger partial charge is 0.449 e. The van der Waals surface area contributed by atoms with Crippen LogP contribution >= 0.6 is 15.9 Å². The van der Waals surface area contributed by atoms with Crippen molar-refractivity contribution in [2.45, 2.75) is 77.2 Å². The first-order valence-corrected chi connectivity index (χ1v) is 14.4. The van der Waals surface area contributed by atoms with E-state index < -0.39 is 32.9 Å². The van der Waals surface area contributed by atoms with E-state index in [9.17, 15) is 18.0 Å². The Morgan fingerprint density at radius 1 is 1.08 bits per heavy atom. The fourth-order valence-electron chi connectivity index (χ4n) is 3.71. The van der Waals surface area contributed by atoms with Gasteiger partial charge in [-0.2, -0.15) is 0 Å². The SMILES string of the molecule is Cc1cc(Br)cc(C)c1CCOC(=O)Nc1ccc(S(=O)(=O)C(C)C)c(CN(C)C(=O)OC(C)(C)C)c1. The zero-order chi connectivity index (χ0) is 28.1. The van der Waals surface area contributed by atoms with E-state index in [1.807, 2.05) is 26.0 Å². The molecule has 0 aliphatic carbocycles. The first kappa shape index (κ1) is 30.6. The average Bonchev–Trinajstić information content (AvgIpc) is 2.74. The van der Waals surface area contributed by atoms with Gasteiger partial charge in [-0.3, -0.25) is 5.32 Å². The highest BCUT2D eigenvalue weighted by Crippen LogP contribution is 2.26. The maximum atomic E-state index is 13.0. The number of benzene rings is 2. The number of hydrogen-bond donors (Lipinski definition) is 1. The molecule has 0 aliphatic heterocycles. The molecule has 0 bridgehead atoms. The lowest BCUT2D eigenvalue weighted by Gasteiger charge is -2.25. The highest BCUT2D eigenvalue weighted by molar-refractivity contribution is 9.10. The molecule has 2 rings (SSSR count). The molecule has 0 aromatic heterocycles. The van der Waals surface area contributed by atoms with Crippen LogP contribution in [-0.4, -0.2) is 50.0 Å². The van der Waals surface area contributed by atoms with Gasteiger partial charge in [0.1, 0.15) is 5.60 Å². The third kappa shape index (κ3) is 8.74. The Kier molecular flexibility index (Phi) is 10.2. The van der Waals surface area contributed by atoms with E-state index >= 15 is 0 Å². The smallest absolute Gasteiger partial charge is 0.411 e. The molecule has 204 valence electrons. The first-order valence-electron chi connectivity index (χ1n) is 12.0. The Bertz CT molecular complexity index is 1230. The van der Waals surface area contributed by atoms with Gasteiger partial charge < -0.3 is 14.4 Å². The summed E-state index contributed by atoms with van der Waals surface area (Å²) in [6.45, 7) is 12.6. The predicted molar refractivity (Wildman–Crippen MR) is 149 cm³/mol. The third-order valence-corrected chi connectivity index (χ3v) is 8.30. The van der Waals surface area contributed by atoms with Crippen molar-refractivity contribution in [1.82, 2.24) is 4.90 Å². The molecule has 0 saturated heterocycles. The van der Waals surface area contributed by atoms with E-state index in [0.717, 1.165) is 21.2 Å². The van der Waals surface area contributed by atoms with Crippen molar-refractivity contribution in [2.75, 3.05) is 19.0 Å². The second-order valence-electron chi connectivity index (χ2n) is 10.3. The van der Waals surface area contributed by atoms with Gasteiger partial charge in [0, 0.05) is 23.6 Å². The molecule has 0 radical (unpaired) electrons. The minimum absolute atomic E-state index is 0.0249. The van der Waals surface area contributed by atoms with E-state index in [1.165, 1.54) is 24.1 Å². The molecule has 0 spiro atoms. The molecule has 8 nitrogen and oxygen atoms in total. The molecule has 2 amide bonds. The molecular formula is C27H37BrN2O6S. The van der Waals surface area contributed by atoms with Crippen LogP contribution < -0.4 is 5.32 Å². The first-order chi connectivity index (χ1) is 17.0. The number of rotatable bonds is 8. The molecule has 0 saturated carbocycles. The van der Waals surface area contributed by atoms with Crippen molar-refractivity contribution < 1.29 is 27.5 Å². The Balaban J connectivity index is 2.19. The normalized spacial score (nSPS) is 11.8. The Labute approximate surface area is 228 Å². The predicted octanol–water partition coefficient (Wildman–Crippen LogP) is 6.41. The van der Waals surface area contributed by atoms with E-state index in [-0.39, 0.29) is 18.0 Å². The van der Waals surface area contributed by atoms with Gasteiger partial charge in [-0.15, -0.1) is 0 Å². The lowest BCUT2D eigenvalue weighted by molar-refractivity contribution is 0.0283. The lowest BCUT2D eigenvalue weighted by atomic mass is 10.0. The highest BCUT2D eigenvalue weighted by atomic mass is 79.9. The van der Waals surface area contributed by atoms with Gasteiger partial charge in [-0.05, 0) is 101 Å². The second kappa shape index (κ2) is 12.3. The number of aryl methyl sites for hydroxylation is 2. The maximum absolute atomic E-state index is 13.0. The number of sulfone groups is 1. The van der Waals surface area contributed by atoms with Crippen LogP contribution in [0.4, 0.5) is 15.3 Å². The minimum Gasteiger partial charge on any atom is -0.449 e. The molecule has 2 aromatic rings. The van der Waals surface area contributed by atoms with Crippen molar-refractivity contribution in [1.29, 1.82) is 0 Å². The number of amides is 2. The summed E-state index contributed by atoms with van der Waals surface area (Å²) in [5, 5.41) is 2.00. The fraction of sp³-hybridized carbons (Fsp3) is 0.481. The summed E-state index contributed by atoms with van der Waals surface area (Å²) in [5.74, 6) is 0. The molecule has 0 heterocycles. The van der Waals surface area contributed by atoms with Crippen LogP contribution in [0.15, 0.2) is 39.7 Å². The van der Waals surface area contributed by atoms with Crippen LogP contribution in [0.1, 0.15) is 56.9 Å². The maximum Gasteiger partial charge on any atom is 0.411 e. The number of anilines is 1. The molecule has 37 heavy (non-hydrogen) atoms. The topological polar surface area (TPSA) is 102 Å². The zero-order valence-corrected chi connectivity index (χ0v) is 25.2. The summed E-state index contributed by atoms with van der Waals surface area (Å²) >= 11 is 3.48. The van der Waals surface area contributed by atoms with Crippen molar-refractivity contribution in [2.24, 2.45) is 0 Å². The van der Waals surface area contributed by atoms with Crippen LogP contribution in [-0.2, 0) is 32.3 Å². The standard InChI is InChI=1S/C27H37BrN2O6S/c1-17(2)37(33,34)24-10-9-22(15-20(24)16-30(8)26(32)36-27(5,6)7)29-25(31)35-12-11-23-18(3)13-21(28)14-19(23)4/h9-10,13-15,17H,11-12,16H2,1-8H3,(H,29,31). The summed E-state index contributed by atoms with van der Waals surface area (Å²) in [5.41, 5.74) is 3.36. The number of ether oxygens (including phenoxy) is 2. The summed E-state index contributed by atoms with van der Waals surface area (Å²) in [4.78, 5) is 26.3. The van der Waals surface area contributed by atoms with Gasteiger partial charge in [0.15, 0.2) is 9.84 Å². The number of nitrogens with zero attached hydrogens (tertiary/aromatic N) is 1. The van der Waals surface area contributed by atoms with Gasteiger partial charge >= 0.3 is 12.2 Å². The van der Waals surface area contributed by atoms with E-state index in [0.29, 0.717) is 17.7 Å². The summed E-state index contributed by atoms with van der Waals surface area (Å²) in [6, 6.07) is 8.53. The highest BCUT2D eigenvalue weighted by Gasteiger charge is 2.26. The zero-order valence-electron chi connectivity index (χ0n) is 22.8. The Morgan fingerprint density at radius 2 is 1.68 bits per heavy atom. The second-order valence-corrected chi connectivity index (χ2v) is 13.7. The number of carbonyl (C=O) groups is 2. The van der Waals surface area contributed by atoms with Gasteiger partial charge in [0.25, 0.3) is 0 Å². The summed E-state index contributed by atoms with van der Waals surface area (Å²) in [7, 11) is -2.11. The van der Waals surface area contributed by atoms with Crippen LogP contribution in [0, 0.1) is 13.8 Å². The van der Waals surface area contributed by atoms with E-state index in [2.05, 4.69) is 21.2 Å². The van der Waals surface area contributed by atoms with Crippen LogP contribution in [0.25, 0.3) is 0 Å². The molecule has 0 atom stereocenters. The number of halogens is 1. The molecule has 2 aromatic carbocycles. The molecule has 10 heteroatoms. The van der Waals surface area contributed by atoms with E-state index in [1.54, 1.807) is 40.7 Å². The monoisotopic (exact) mass is 596 g/mol. The third-order valence-electron chi connectivity index (χ3n) is 5.59. The number of nitrogens with one attached hydrogen (secondary N) is 1. The molecular weight excluding hydrogens is 560 g/mol. The number of carbonyl (C=O) groups excluding carboxylic acids is 2. The lowest BCUT2D eigenvalue weighted by Crippen LogP contribution is -2.34. The van der Waals surface area contributed by atoms with Gasteiger partial charge in [-0.25, -0.2) is 18.0 Å². The van der Waals surface area contributed by atoms with Crippen molar-refractivity contribution in [3.63, 3.8) is 0 Å². The number of hydrogen-bond acceptors (Lipinski definition) is 6. The molecule has 0 fully saturated rings. The quantitative estimate of drug-likeness (QED) is 0.378. The van der Waals surface area contributed by atoms with Crippen molar-refractivity contribution in [3.8, 4) is 0 Å². The van der Waals surface area contributed by atoms with Crippen molar-refractivity contribution >= 4 is 43.6 Å². The van der Waals surface area contributed by atoms with E-state index in [4.69, 9.17) is 9.47 Å². The minimum atomic E-state index is -3.64. The summed E-state index contributed by atoms with van der Waals surface area (Å²) < 4.78 is 37.7. The van der Waals surface area contributed by atoms with Crippen molar-refractivity contribution in [3.05, 3.63) is 57.1 Å². The Hall–Kier alpha value is -2.59. The van der Waals surface area contributed by atoms with Gasteiger partial charge in [0.2, 0.25) is 0 Å². The molecule has 0 aliphatic rings. The van der Waals surface area contributed by atoms with Gasteiger partial charge in [-0.1, -0.05) is 15.9 Å². The fourth-order valence-corrected chi connectivity index (χ4v) is 5.65. The van der Waals surface area contributed by atoms with Crippen LogP contribution in [0.3, 0.4) is 0 Å². The molecule has 0 unspecified atom stereocenters. The summed E-state index contributed by atoms with van der Waals surface area (Å²) in [6.07, 6.45) is -0.675. The van der Waals surface area contributed by atoms with Crippen LogP contribution in [0.5, 0.6) is 0 Å². The van der Waals surface area contributed by atoms with Gasteiger partial charge in [0.05, 0.1) is 23.3 Å².